The molecule has 2 aromatic carbocycles. The van der Waals surface area contributed by atoms with Crippen LogP contribution in [0, 0.1) is 17.1 Å². The molecule has 20 heavy (non-hydrogen) atoms. The van der Waals surface area contributed by atoms with Gasteiger partial charge in [-0.1, -0.05) is 29.8 Å². The van der Waals surface area contributed by atoms with Crippen molar-refractivity contribution < 1.29 is 9.18 Å². The van der Waals surface area contributed by atoms with Crippen LogP contribution in [0.25, 0.3) is 0 Å². The smallest absolute Gasteiger partial charge is 0.255 e. The Labute approximate surface area is 120 Å². The van der Waals surface area contributed by atoms with Crippen LogP contribution in [-0.2, 0) is 6.42 Å². The maximum absolute atomic E-state index is 13.0. The van der Waals surface area contributed by atoms with E-state index in [0.717, 1.165) is 0 Å². The second kappa shape index (κ2) is 6.18. The summed E-state index contributed by atoms with van der Waals surface area (Å²) >= 11 is 5.65. The molecule has 5 heteroatoms. The van der Waals surface area contributed by atoms with Gasteiger partial charge in [0.05, 0.1) is 17.5 Å². The Morgan fingerprint density at radius 3 is 2.75 bits per heavy atom. The van der Waals surface area contributed by atoms with Crippen LogP contribution in [-0.4, -0.2) is 5.91 Å². The highest BCUT2D eigenvalue weighted by Crippen LogP contribution is 2.20. The molecule has 0 radical (unpaired) electrons. The Bertz CT molecular complexity index is 695. The van der Waals surface area contributed by atoms with Gasteiger partial charge in [0.15, 0.2) is 0 Å². The summed E-state index contributed by atoms with van der Waals surface area (Å²) in [5, 5.41) is 11.3. The third-order valence-corrected chi connectivity index (χ3v) is 3.00. The van der Waals surface area contributed by atoms with Crippen LogP contribution in [0.5, 0.6) is 0 Å². The van der Waals surface area contributed by atoms with Crippen molar-refractivity contribution in [3.8, 4) is 6.07 Å². The molecule has 100 valence electrons. The number of amides is 1. The highest BCUT2D eigenvalue weighted by Gasteiger charge is 2.11. The number of halogens is 2. The predicted octanol–water partition coefficient (Wildman–Crippen LogP) is 3.80. The lowest BCUT2D eigenvalue weighted by atomic mass is 10.0. The summed E-state index contributed by atoms with van der Waals surface area (Å²) in [5.74, 6) is -0.909. The maximum atomic E-state index is 13.0. The molecule has 0 spiro atoms. The zero-order chi connectivity index (χ0) is 14.5. The molecule has 2 aromatic rings. The first kappa shape index (κ1) is 14.0. The molecule has 0 aromatic heterocycles. The molecule has 2 rings (SSSR count). The van der Waals surface area contributed by atoms with E-state index < -0.39 is 5.82 Å². The minimum Gasteiger partial charge on any atom is -0.322 e. The molecule has 0 aliphatic rings. The van der Waals surface area contributed by atoms with Crippen molar-refractivity contribution in [2.24, 2.45) is 0 Å². The fourth-order valence-corrected chi connectivity index (χ4v) is 1.93. The van der Waals surface area contributed by atoms with Crippen LogP contribution in [0.1, 0.15) is 15.9 Å². The van der Waals surface area contributed by atoms with Crippen LogP contribution in [0.2, 0.25) is 5.02 Å². The molecular formula is C15H10ClFN2O. The van der Waals surface area contributed by atoms with Gasteiger partial charge in [-0.05, 0) is 29.8 Å². The molecule has 0 heterocycles. The lowest BCUT2D eigenvalue weighted by molar-refractivity contribution is 0.102. The monoisotopic (exact) mass is 288 g/mol. The van der Waals surface area contributed by atoms with E-state index >= 15 is 0 Å². The number of carbonyl (C=O) groups is 1. The largest absolute Gasteiger partial charge is 0.322 e. The lowest BCUT2D eigenvalue weighted by Crippen LogP contribution is -2.14. The molecule has 0 saturated carbocycles. The van der Waals surface area contributed by atoms with E-state index in [1.807, 2.05) is 6.07 Å². The zero-order valence-corrected chi connectivity index (χ0v) is 11.1. The van der Waals surface area contributed by atoms with Crippen molar-refractivity contribution >= 4 is 23.2 Å². The molecule has 0 unspecified atom stereocenters. The summed E-state index contributed by atoms with van der Waals surface area (Å²) in [5.41, 5.74) is 1.45. The van der Waals surface area contributed by atoms with E-state index in [9.17, 15) is 9.18 Å². The number of anilines is 1. The van der Waals surface area contributed by atoms with Gasteiger partial charge in [-0.2, -0.15) is 5.26 Å². The molecule has 0 atom stereocenters. The Kier molecular flexibility index (Phi) is 4.34. The average Bonchev–Trinajstić information content (AvgIpc) is 2.44. The molecule has 0 aliphatic heterocycles. The molecule has 3 nitrogen and oxygen atoms in total. The predicted molar refractivity (Wildman–Crippen MR) is 75.1 cm³/mol. The van der Waals surface area contributed by atoms with Crippen LogP contribution >= 0.6 is 11.6 Å². The fraction of sp³-hybridized carbons (Fsp3) is 0.0667. The van der Waals surface area contributed by atoms with Crippen molar-refractivity contribution in [2.75, 3.05) is 5.32 Å². The van der Waals surface area contributed by atoms with Crippen LogP contribution in [0.15, 0.2) is 42.5 Å². The SMILES string of the molecule is N#CCc1ccccc1C(=O)Nc1ccc(F)c(Cl)c1. The number of hydrogen-bond acceptors (Lipinski definition) is 2. The fourth-order valence-electron chi connectivity index (χ4n) is 1.75. The van der Waals surface area contributed by atoms with Gasteiger partial charge in [-0.25, -0.2) is 4.39 Å². The summed E-state index contributed by atoms with van der Waals surface area (Å²) < 4.78 is 13.0. The van der Waals surface area contributed by atoms with Gasteiger partial charge in [0.2, 0.25) is 0 Å². The van der Waals surface area contributed by atoms with Crippen molar-refractivity contribution in [1.82, 2.24) is 0 Å². The van der Waals surface area contributed by atoms with Crippen LogP contribution < -0.4 is 5.32 Å². The Morgan fingerprint density at radius 2 is 2.05 bits per heavy atom. The normalized spacial score (nSPS) is 9.85. The van der Waals surface area contributed by atoms with E-state index in [1.165, 1.54) is 18.2 Å². The highest BCUT2D eigenvalue weighted by atomic mass is 35.5. The number of hydrogen-bond donors (Lipinski definition) is 1. The first-order valence-corrected chi connectivity index (χ1v) is 6.21. The van der Waals surface area contributed by atoms with Gasteiger partial charge in [0.25, 0.3) is 5.91 Å². The lowest BCUT2D eigenvalue weighted by Gasteiger charge is -2.08. The third-order valence-electron chi connectivity index (χ3n) is 2.71. The van der Waals surface area contributed by atoms with E-state index in [2.05, 4.69) is 5.32 Å². The van der Waals surface area contributed by atoms with Gasteiger partial charge >= 0.3 is 0 Å². The third kappa shape index (κ3) is 3.14. The summed E-state index contributed by atoms with van der Waals surface area (Å²) in [6.45, 7) is 0. The Morgan fingerprint density at radius 1 is 1.30 bits per heavy atom. The topological polar surface area (TPSA) is 52.9 Å². The molecule has 0 fully saturated rings. The molecule has 0 bridgehead atoms. The number of nitriles is 1. The summed E-state index contributed by atoms with van der Waals surface area (Å²) in [4.78, 5) is 12.1. The molecule has 0 saturated heterocycles. The van der Waals surface area contributed by atoms with Crippen molar-refractivity contribution in [1.29, 1.82) is 5.26 Å². The minimum absolute atomic E-state index is 0.0619. The second-order valence-corrected chi connectivity index (χ2v) is 4.48. The second-order valence-electron chi connectivity index (χ2n) is 4.08. The highest BCUT2D eigenvalue weighted by molar-refractivity contribution is 6.31. The summed E-state index contributed by atoms with van der Waals surface area (Å²) in [6, 6.07) is 12.8. The summed E-state index contributed by atoms with van der Waals surface area (Å²) in [7, 11) is 0. The number of carbonyl (C=O) groups excluding carboxylic acids is 1. The van der Waals surface area contributed by atoms with Crippen LogP contribution in [0.4, 0.5) is 10.1 Å². The van der Waals surface area contributed by atoms with Crippen molar-refractivity contribution in [3.05, 3.63) is 64.4 Å². The maximum Gasteiger partial charge on any atom is 0.255 e. The molecule has 1 amide bonds. The summed E-state index contributed by atoms with van der Waals surface area (Å²) in [6.07, 6.45) is 0.147. The Hall–Kier alpha value is -2.38. The quantitative estimate of drug-likeness (QED) is 0.934. The van der Waals surface area contributed by atoms with Crippen LogP contribution in [0.3, 0.4) is 0 Å². The molecular weight excluding hydrogens is 279 g/mol. The number of nitrogens with one attached hydrogen (secondary N) is 1. The number of nitrogens with zero attached hydrogens (tertiary/aromatic N) is 1. The number of benzene rings is 2. The first-order chi connectivity index (χ1) is 9.61. The van der Waals surface area contributed by atoms with E-state index in [0.29, 0.717) is 16.8 Å². The first-order valence-electron chi connectivity index (χ1n) is 5.83. The zero-order valence-electron chi connectivity index (χ0n) is 10.4. The molecule has 0 aliphatic carbocycles. The van der Waals surface area contributed by atoms with Gasteiger partial charge in [-0.3, -0.25) is 4.79 Å². The van der Waals surface area contributed by atoms with Crippen molar-refractivity contribution in [3.63, 3.8) is 0 Å². The minimum atomic E-state index is -0.547. The van der Waals surface area contributed by atoms with Gasteiger partial charge in [0, 0.05) is 11.3 Å². The Balaban J connectivity index is 2.24. The van der Waals surface area contributed by atoms with Gasteiger partial charge in [0.1, 0.15) is 5.82 Å². The molecule has 1 N–H and O–H groups in total. The number of rotatable bonds is 3. The standard InChI is InChI=1S/C15H10ClFN2O/c16-13-9-11(5-6-14(13)17)19-15(20)12-4-2-1-3-10(12)7-8-18/h1-6,9H,7H2,(H,19,20). The van der Waals surface area contributed by atoms with Gasteiger partial charge in [-0.15, -0.1) is 0 Å². The van der Waals surface area contributed by atoms with E-state index in [1.54, 1.807) is 24.3 Å². The van der Waals surface area contributed by atoms with Gasteiger partial charge < -0.3 is 5.32 Å². The van der Waals surface area contributed by atoms with E-state index in [-0.39, 0.29) is 17.4 Å². The van der Waals surface area contributed by atoms with Crippen molar-refractivity contribution in [2.45, 2.75) is 6.42 Å². The average molecular weight is 289 g/mol. The van der Waals surface area contributed by atoms with E-state index in [4.69, 9.17) is 16.9 Å².